The number of benzene rings is 2. The Morgan fingerprint density at radius 3 is 1.10 bits per heavy atom. The quantitative estimate of drug-likeness (QED) is 0.0167. The van der Waals surface area contributed by atoms with Crippen molar-refractivity contribution in [1.82, 2.24) is 78.5 Å². The Labute approximate surface area is 833 Å². The predicted octanol–water partition coefficient (Wildman–Crippen LogP) is 8.90. The third kappa shape index (κ3) is 27.1. The van der Waals surface area contributed by atoms with Crippen LogP contribution in [0.3, 0.4) is 0 Å². The zero-order chi connectivity index (χ0) is 105. The van der Waals surface area contributed by atoms with E-state index in [-0.39, 0.29) is 143 Å². The van der Waals surface area contributed by atoms with Crippen LogP contribution in [0.15, 0.2) is 86.5 Å². The molecule has 34 heteroatoms. The summed E-state index contributed by atoms with van der Waals surface area (Å²) >= 11 is 0. The molecule has 9 aliphatic rings. The van der Waals surface area contributed by atoms with Gasteiger partial charge in [0, 0.05) is 70.5 Å². The molecule has 3 aliphatic heterocycles. The maximum absolute atomic E-state index is 14.7. The van der Waals surface area contributed by atoms with Crippen LogP contribution in [0.4, 0.5) is 20.1 Å². The molecule has 3 saturated heterocycles. The van der Waals surface area contributed by atoms with Gasteiger partial charge < -0.3 is 83.4 Å². The highest BCUT2D eigenvalue weighted by molar-refractivity contribution is 6.39. The lowest BCUT2D eigenvalue weighted by Gasteiger charge is -2.38. The van der Waals surface area contributed by atoms with Gasteiger partial charge in [0.15, 0.2) is 17.3 Å². The first kappa shape index (κ1) is 113. The number of hydrogen-bond acceptors (Lipinski definition) is 19. The summed E-state index contributed by atoms with van der Waals surface area (Å²) in [5, 5.41) is 33.0. The van der Waals surface area contributed by atoms with E-state index in [2.05, 4.69) is 111 Å². The summed E-state index contributed by atoms with van der Waals surface area (Å²) in [5.74, 6) is -8.41. The number of nitrogens with one attached hydrogen (secondary N) is 12. The number of nitrogens with zero attached hydrogens (tertiary/aromatic N) is 4. The minimum Gasteiger partial charge on any atom is -0.378 e. The molecular formula is C107H160N16O18. The minimum atomic E-state index is -1.05. The van der Waals surface area contributed by atoms with E-state index in [9.17, 15) is 86.3 Å². The predicted molar refractivity (Wildman–Crippen MR) is 538 cm³/mol. The summed E-state index contributed by atoms with van der Waals surface area (Å²) in [6, 6.07) is 2.44. The molecule has 34 nitrogen and oxygen atoms in total. The fourth-order valence-corrected chi connectivity index (χ4v) is 21.9. The molecule has 12 N–H and O–H groups in total. The van der Waals surface area contributed by atoms with Crippen LogP contribution in [0.5, 0.6) is 0 Å². The monoisotopic (exact) mass is 1960 g/mol. The number of amides is 15. The number of Topliss-reactive ketones (excluding diaryl/α,β-unsaturated/α-hetero) is 6. The molecule has 0 radical (unpaired) electrons. The maximum Gasteiger partial charge on any atom is 0.316 e. The van der Waals surface area contributed by atoms with Gasteiger partial charge in [-0.05, 0) is 186 Å². The van der Waals surface area contributed by atoms with E-state index < -0.39 is 166 Å². The molecule has 3 unspecified atom stereocenters. The van der Waals surface area contributed by atoms with Gasteiger partial charge in [-0.2, -0.15) is 0 Å². The zero-order valence-electron chi connectivity index (χ0n) is 87.2. The van der Waals surface area contributed by atoms with Crippen molar-refractivity contribution in [2.45, 2.75) is 307 Å². The van der Waals surface area contributed by atoms with Crippen molar-refractivity contribution in [3.05, 3.63) is 103 Å². The largest absolute Gasteiger partial charge is 0.378 e. The SMILES string of the molecule is C=CCNC(=O)C(=O)C(CCC)NC(=O)[C@@H]1[C@@H]2[C@H](CN1C(=O)[C@@H](NC(=O)N[C@H](C(=O)C1CC1)C(C)C)C1Cc3ccccc3C1)C2(C)C.C=CCNC(=O)C(=O)C(CCC)NC(=O)[C@@H]1[C@@H]2[C@H](CN1C(=O)[C@@H](NC(=O)N[C@H](C(=O)c1ccc(N(C)C)cc1)C(C)C)C(C)(C)C)C2(C)C.C=CCNC(=O)C(=O)C(CCC)NC(=O)[C@@H]1[C@@H]2[C@H](CN1C(=O)[C@@H](NC(=O)N[C@H](C(C)=O)C1CCCCC1)C(C)(C)C)C2(C)C. The number of urea groups is 3. The molecule has 0 aromatic heterocycles. The summed E-state index contributed by atoms with van der Waals surface area (Å²) < 4.78 is 0. The first-order valence-electron chi connectivity index (χ1n) is 50.9. The average molecular weight is 1960 g/mol. The third-order valence-corrected chi connectivity index (χ3v) is 30.7. The summed E-state index contributed by atoms with van der Waals surface area (Å²) in [4.78, 5) is 247. The van der Waals surface area contributed by atoms with Gasteiger partial charge in [0.25, 0.3) is 17.7 Å². The summed E-state index contributed by atoms with van der Waals surface area (Å²) in [5.41, 5.74) is 1.57. The lowest BCUT2D eigenvalue weighted by molar-refractivity contribution is -0.145. The molecule has 6 aliphatic carbocycles. The van der Waals surface area contributed by atoms with Crippen molar-refractivity contribution in [2.24, 2.45) is 92.2 Å². The molecule has 8 fully saturated rings. The molecule has 141 heavy (non-hydrogen) atoms. The maximum atomic E-state index is 14.7. The van der Waals surface area contributed by atoms with E-state index in [1.165, 1.54) is 35.0 Å². The molecule has 2 aromatic rings. The topological polar surface area (TPSA) is 465 Å². The van der Waals surface area contributed by atoms with Crippen molar-refractivity contribution in [1.29, 1.82) is 0 Å². The molecule has 3 heterocycles. The van der Waals surface area contributed by atoms with E-state index in [1.807, 2.05) is 159 Å². The summed E-state index contributed by atoms with van der Waals surface area (Å²) in [7, 11) is 3.81. The molecule has 18 atom stereocenters. The fourth-order valence-electron chi connectivity index (χ4n) is 21.9. The van der Waals surface area contributed by atoms with Gasteiger partial charge >= 0.3 is 18.1 Å². The van der Waals surface area contributed by atoms with Gasteiger partial charge in [-0.15, -0.1) is 19.7 Å². The Kier molecular flexibility index (Phi) is 38.2. The molecule has 0 spiro atoms. The van der Waals surface area contributed by atoms with Gasteiger partial charge in [-0.25, -0.2) is 14.4 Å². The second kappa shape index (κ2) is 47.6. The van der Waals surface area contributed by atoms with Crippen molar-refractivity contribution in [3.63, 3.8) is 0 Å². The number of ketones is 6. The van der Waals surface area contributed by atoms with E-state index in [1.54, 1.807) is 17.0 Å². The second-order valence-corrected chi connectivity index (χ2v) is 45.1. The van der Waals surface area contributed by atoms with Crippen LogP contribution in [0.25, 0.3) is 0 Å². The van der Waals surface area contributed by atoms with Crippen LogP contribution in [0.2, 0.25) is 0 Å². The first-order chi connectivity index (χ1) is 66.1. The van der Waals surface area contributed by atoms with Gasteiger partial charge in [0.2, 0.25) is 52.8 Å². The number of anilines is 1. The Morgan fingerprint density at radius 2 is 0.773 bits per heavy atom. The highest BCUT2D eigenvalue weighted by Crippen LogP contribution is 2.67. The number of fused-ring (bicyclic) bond motifs is 4. The zero-order valence-corrected chi connectivity index (χ0v) is 87.2. The van der Waals surface area contributed by atoms with Gasteiger partial charge in [0.05, 0.1) is 36.3 Å². The number of piperidine rings is 3. The van der Waals surface area contributed by atoms with Crippen LogP contribution >= 0.6 is 0 Å². The van der Waals surface area contributed by atoms with Crippen LogP contribution in [0.1, 0.15) is 243 Å². The second-order valence-electron chi connectivity index (χ2n) is 45.1. The van der Waals surface area contributed by atoms with E-state index in [4.69, 9.17) is 0 Å². The first-order valence-corrected chi connectivity index (χ1v) is 50.9. The van der Waals surface area contributed by atoms with Crippen molar-refractivity contribution < 1.29 is 86.3 Å². The Balaban J connectivity index is 0.000000237. The molecule has 11 rings (SSSR count). The van der Waals surface area contributed by atoms with E-state index >= 15 is 0 Å². The third-order valence-electron chi connectivity index (χ3n) is 30.7. The molecule has 15 amide bonds. The van der Waals surface area contributed by atoms with Crippen molar-refractivity contribution >= 4 is 112 Å². The molecule has 5 saturated carbocycles. The Hall–Kier alpha value is -11.5. The smallest absolute Gasteiger partial charge is 0.316 e. The highest BCUT2D eigenvalue weighted by atomic mass is 16.2. The van der Waals surface area contributed by atoms with E-state index in [0.717, 1.165) is 61.8 Å². The lowest BCUT2D eigenvalue weighted by atomic mass is 9.82. The molecular weight excluding hydrogens is 1800 g/mol. The van der Waals surface area contributed by atoms with Crippen molar-refractivity contribution in [2.75, 3.05) is 58.3 Å². The van der Waals surface area contributed by atoms with Crippen LogP contribution in [-0.2, 0) is 80.0 Å². The normalized spacial score (nSPS) is 23.2. The molecule has 2 aromatic carbocycles. The van der Waals surface area contributed by atoms with Crippen molar-refractivity contribution in [3.8, 4) is 0 Å². The highest BCUT2D eigenvalue weighted by Gasteiger charge is 2.73. The average Bonchev–Trinajstić information content (AvgIpc) is 1.53. The number of rotatable bonds is 43. The molecule has 0 bridgehead atoms. The molecule has 776 valence electrons. The van der Waals surface area contributed by atoms with Crippen LogP contribution < -0.4 is 68.7 Å². The summed E-state index contributed by atoms with van der Waals surface area (Å²) in [6.45, 7) is 49.8. The van der Waals surface area contributed by atoms with Gasteiger partial charge in [-0.1, -0.05) is 213 Å². The Bertz CT molecular complexity index is 4970. The Morgan fingerprint density at radius 1 is 0.433 bits per heavy atom. The number of carbonyl (C=O) groups is 18. The summed E-state index contributed by atoms with van der Waals surface area (Å²) in [6.07, 6.45) is 14.6. The number of likely N-dealkylation sites (tertiary alicyclic amines) is 3. The van der Waals surface area contributed by atoms with E-state index in [0.29, 0.717) is 57.3 Å². The minimum absolute atomic E-state index is 0.0178. The van der Waals surface area contributed by atoms with Crippen LogP contribution in [-0.4, -0.2) is 247 Å². The van der Waals surface area contributed by atoms with Gasteiger partial charge in [0.1, 0.15) is 36.3 Å². The number of hydrogen-bond donors (Lipinski definition) is 12. The van der Waals surface area contributed by atoms with Crippen LogP contribution in [0, 0.1) is 92.2 Å². The fraction of sp³-hybridized carbons (Fsp3) is 0.664. The standard InChI is InChI=1S/C37H56N6O6.C37H51N5O6.C33H53N5O6/c1-12-14-25(30(45)33(47)38-19-13-2)39-32(46)28-26-24(37(26,8)9)20-43(28)34(48)31(36(5,6)7)41-35(49)40-27(21(3)4)29(44)22-15-17-23(18-16-22)42(10)11;1-7-11-26(32(44)34(46)38-16-8-2)39-33(45)30-27-25(37(27,5)6)19-42(30)35(47)29(24-17-22-12-9-10-13-23(22)18-24)41-36(48)40-28(20(3)4)31(43)21-14-15-21;1-9-14-22(26(40)29(42)34-17-10-2)35-28(41)25-23-21(33(23,7)8)18-38(25)30(43)27(32(4,5)6)37-31(44)36-24(19(3)39)20-15-12-11-13-16-20/h13,15-18,21,24-28,31H,2,12,14,19-20H2,1,3-11H3,(H,38,47)(H,39,46)(H2,40,41,49);8-10,12-13,20-21,24-30H,2,7,11,14-19H2,1,3-6H3,(H,38,46)(H,39,45)(H2,40,41,48);10,20-25,27H,2,9,11-18H2,1,3-8H3,(H,34,42)(H,35,41)(H2,36,37,44)/t24-,25?,26-,27-,28-,31+;25-,26?,27-,28-,29-,30-;21-,22?,23-,24+,25-,27+/m000/s1. The number of carbonyl (C=O) groups excluding carboxylic acids is 18. The lowest BCUT2D eigenvalue weighted by Crippen LogP contribution is -2.62. The van der Waals surface area contributed by atoms with Gasteiger partial charge in [-0.3, -0.25) is 71.9 Å².